The van der Waals surface area contributed by atoms with E-state index in [2.05, 4.69) is 5.32 Å². The van der Waals surface area contributed by atoms with Gasteiger partial charge in [-0.15, -0.1) is 0 Å². The number of amides is 1. The highest BCUT2D eigenvalue weighted by molar-refractivity contribution is 7.91. The maximum atomic E-state index is 12.4. The van der Waals surface area contributed by atoms with Crippen molar-refractivity contribution in [3.8, 4) is 5.75 Å². The second-order valence-corrected chi connectivity index (χ2v) is 7.17. The maximum Gasteiger partial charge on any atom is 0.231 e. The molecule has 0 unspecified atom stereocenters. The zero-order valence-corrected chi connectivity index (χ0v) is 11.4. The Labute approximate surface area is 111 Å². The molecule has 1 heterocycles. The fourth-order valence-electron chi connectivity index (χ4n) is 2.74. The molecule has 0 aromatic heterocycles. The average molecular weight is 281 g/mol. The van der Waals surface area contributed by atoms with E-state index < -0.39 is 15.3 Å². The van der Waals surface area contributed by atoms with Gasteiger partial charge in [-0.05, 0) is 25.0 Å². The van der Waals surface area contributed by atoms with Crippen LogP contribution in [-0.2, 0) is 14.6 Å². The normalized spacial score (nSPS) is 22.9. The number of carbonyl (C=O) groups is 1. The number of nitrogens with one attached hydrogen (secondary N) is 1. The first-order valence-electron chi connectivity index (χ1n) is 6.19. The SMILES string of the molecule is COc1ccc2c(c1)NC(=O)C1(CCC1)CS2(=O)=O. The molecule has 1 aliphatic carbocycles. The van der Waals surface area contributed by atoms with E-state index in [1.54, 1.807) is 12.1 Å². The second-order valence-electron chi connectivity index (χ2n) is 5.21. The van der Waals surface area contributed by atoms with E-state index >= 15 is 0 Å². The molecule has 6 heteroatoms. The van der Waals surface area contributed by atoms with E-state index in [0.29, 0.717) is 24.3 Å². The van der Waals surface area contributed by atoms with Crippen LogP contribution in [0.25, 0.3) is 0 Å². The molecule has 1 spiro atoms. The van der Waals surface area contributed by atoms with Gasteiger partial charge in [-0.1, -0.05) is 6.42 Å². The predicted molar refractivity (Wildman–Crippen MR) is 70.0 cm³/mol. The van der Waals surface area contributed by atoms with Gasteiger partial charge in [-0.25, -0.2) is 8.42 Å². The lowest BCUT2D eigenvalue weighted by molar-refractivity contribution is -0.128. The van der Waals surface area contributed by atoms with Gasteiger partial charge >= 0.3 is 0 Å². The summed E-state index contributed by atoms with van der Waals surface area (Å²) >= 11 is 0. The average Bonchev–Trinajstić information content (AvgIpc) is 2.41. The lowest BCUT2D eigenvalue weighted by Gasteiger charge is -2.38. The van der Waals surface area contributed by atoms with E-state index in [-0.39, 0.29) is 16.6 Å². The summed E-state index contributed by atoms with van der Waals surface area (Å²) in [5.74, 6) is 0.249. The number of anilines is 1. The number of carbonyl (C=O) groups excluding carboxylic acids is 1. The number of fused-ring (bicyclic) bond motifs is 1. The lowest BCUT2D eigenvalue weighted by Crippen LogP contribution is -2.45. The highest BCUT2D eigenvalue weighted by Gasteiger charge is 2.49. The Kier molecular flexibility index (Phi) is 2.60. The molecule has 5 nitrogen and oxygen atoms in total. The summed E-state index contributed by atoms with van der Waals surface area (Å²) in [4.78, 5) is 12.4. The Hall–Kier alpha value is -1.56. The third-order valence-corrected chi connectivity index (χ3v) is 5.99. The van der Waals surface area contributed by atoms with Gasteiger partial charge in [-0.2, -0.15) is 0 Å². The Bertz CT molecular complexity index is 647. The molecule has 0 saturated heterocycles. The zero-order chi connectivity index (χ0) is 13.7. The Balaban J connectivity index is 2.14. The third kappa shape index (κ3) is 1.82. The molecular formula is C13H15NO4S. The molecule has 1 aliphatic heterocycles. The molecule has 102 valence electrons. The first kappa shape index (κ1) is 12.5. The molecule has 1 aromatic carbocycles. The van der Waals surface area contributed by atoms with Gasteiger partial charge in [-0.3, -0.25) is 4.79 Å². The molecule has 0 bridgehead atoms. The summed E-state index contributed by atoms with van der Waals surface area (Å²) in [7, 11) is -1.94. The van der Waals surface area contributed by atoms with Crippen LogP contribution in [0.1, 0.15) is 19.3 Å². The minimum absolute atomic E-state index is 0.0921. The van der Waals surface area contributed by atoms with Crippen LogP contribution >= 0.6 is 0 Å². The van der Waals surface area contributed by atoms with Gasteiger partial charge in [0.15, 0.2) is 9.84 Å². The molecule has 1 fully saturated rings. The van der Waals surface area contributed by atoms with E-state index in [0.717, 1.165) is 6.42 Å². The van der Waals surface area contributed by atoms with Crippen molar-refractivity contribution in [2.24, 2.45) is 5.41 Å². The molecule has 3 rings (SSSR count). The van der Waals surface area contributed by atoms with Crippen molar-refractivity contribution < 1.29 is 17.9 Å². The zero-order valence-electron chi connectivity index (χ0n) is 10.6. The van der Waals surface area contributed by atoms with Crippen LogP contribution in [-0.4, -0.2) is 27.2 Å². The predicted octanol–water partition coefficient (Wildman–Crippen LogP) is 1.59. The molecular weight excluding hydrogens is 266 g/mol. The van der Waals surface area contributed by atoms with E-state index in [4.69, 9.17) is 4.74 Å². The third-order valence-electron chi connectivity index (χ3n) is 4.03. The maximum absolute atomic E-state index is 12.4. The smallest absolute Gasteiger partial charge is 0.231 e. The second kappa shape index (κ2) is 3.96. The number of methoxy groups -OCH3 is 1. The summed E-state index contributed by atoms with van der Waals surface area (Å²) in [5.41, 5.74) is -0.404. The van der Waals surface area contributed by atoms with Crippen LogP contribution in [0, 0.1) is 5.41 Å². The molecule has 1 aromatic rings. The van der Waals surface area contributed by atoms with Crippen molar-refractivity contribution in [2.45, 2.75) is 24.2 Å². The van der Waals surface area contributed by atoms with Crippen molar-refractivity contribution in [2.75, 3.05) is 18.2 Å². The number of rotatable bonds is 1. The first-order valence-corrected chi connectivity index (χ1v) is 7.84. The Morgan fingerprint density at radius 3 is 2.63 bits per heavy atom. The van der Waals surface area contributed by atoms with Gasteiger partial charge in [0, 0.05) is 6.07 Å². The Morgan fingerprint density at radius 2 is 2.05 bits per heavy atom. The fourth-order valence-corrected chi connectivity index (χ4v) is 4.76. The molecule has 1 saturated carbocycles. The number of hydrogen-bond acceptors (Lipinski definition) is 4. The number of sulfone groups is 1. The van der Waals surface area contributed by atoms with Crippen molar-refractivity contribution in [1.29, 1.82) is 0 Å². The van der Waals surface area contributed by atoms with Crippen LogP contribution in [0.4, 0.5) is 5.69 Å². The fraction of sp³-hybridized carbons (Fsp3) is 0.462. The van der Waals surface area contributed by atoms with Crippen LogP contribution in [0.15, 0.2) is 23.1 Å². The van der Waals surface area contributed by atoms with Crippen LogP contribution < -0.4 is 10.1 Å². The number of benzene rings is 1. The number of ether oxygens (including phenoxy) is 1. The van der Waals surface area contributed by atoms with Gasteiger partial charge < -0.3 is 10.1 Å². The molecule has 0 radical (unpaired) electrons. The molecule has 1 N–H and O–H groups in total. The molecule has 2 aliphatic rings. The van der Waals surface area contributed by atoms with E-state index in [1.165, 1.54) is 13.2 Å². The van der Waals surface area contributed by atoms with Crippen LogP contribution in [0.2, 0.25) is 0 Å². The van der Waals surface area contributed by atoms with Crippen molar-refractivity contribution in [3.05, 3.63) is 18.2 Å². The standard InChI is InChI=1S/C13H15NO4S/c1-18-9-3-4-11-10(7-9)14-12(15)13(5-2-6-13)8-19(11,16)17/h3-4,7H,2,5-6,8H2,1H3,(H,14,15). The van der Waals surface area contributed by atoms with Gasteiger partial charge in [0.05, 0.1) is 28.9 Å². The van der Waals surface area contributed by atoms with Crippen molar-refractivity contribution >= 4 is 21.4 Å². The molecule has 1 amide bonds. The van der Waals surface area contributed by atoms with Crippen molar-refractivity contribution in [1.82, 2.24) is 0 Å². The largest absolute Gasteiger partial charge is 0.497 e. The Morgan fingerprint density at radius 1 is 1.32 bits per heavy atom. The number of hydrogen-bond donors (Lipinski definition) is 1. The van der Waals surface area contributed by atoms with E-state index in [9.17, 15) is 13.2 Å². The van der Waals surface area contributed by atoms with Gasteiger partial charge in [0.1, 0.15) is 5.75 Å². The highest BCUT2D eigenvalue weighted by Crippen LogP contribution is 2.47. The minimum Gasteiger partial charge on any atom is -0.497 e. The monoisotopic (exact) mass is 281 g/mol. The summed E-state index contributed by atoms with van der Waals surface area (Å²) < 4.78 is 29.9. The molecule has 0 atom stereocenters. The summed E-state index contributed by atoms with van der Waals surface area (Å²) in [5, 5.41) is 2.75. The van der Waals surface area contributed by atoms with E-state index in [1.807, 2.05) is 0 Å². The van der Waals surface area contributed by atoms with Crippen LogP contribution in [0.3, 0.4) is 0 Å². The molecule has 19 heavy (non-hydrogen) atoms. The van der Waals surface area contributed by atoms with Gasteiger partial charge in [0.25, 0.3) is 0 Å². The summed E-state index contributed by atoms with van der Waals surface area (Å²) in [6.07, 6.45) is 2.19. The first-order chi connectivity index (χ1) is 8.97. The lowest BCUT2D eigenvalue weighted by atomic mass is 9.69. The topological polar surface area (TPSA) is 72.5 Å². The minimum atomic E-state index is -3.44. The van der Waals surface area contributed by atoms with Crippen molar-refractivity contribution in [3.63, 3.8) is 0 Å². The highest BCUT2D eigenvalue weighted by atomic mass is 32.2. The van der Waals surface area contributed by atoms with Crippen LogP contribution in [0.5, 0.6) is 5.75 Å². The summed E-state index contributed by atoms with van der Waals surface area (Å²) in [6, 6.07) is 4.66. The quantitative estimate of drug-likeness (QED) is 0.848. The summed E-state index contributed by atoms with van der Waals surface area (Å²) in [6.45, 7) is 0. The van der Waals surface area contributed by atoms with Gasteiger partial charge in [0.2, 0.25) is 5.91 Å².